The average Bonchev–Trinajstić information content (AvgIpc) is 2.83. The fourth-order valence-corrected chi connectivity index (χ4v) is 6.43. The van der Waals surface area contributed by atoms with Crippen molar-refractivity contribution in [1.29, 1.82) is 0 Å². The molecule has 0 fully saturated rings. The highest BCUT2D eigenvalue weighted by Crippen LogP contribution is 2.50. The largest absolute Gasteiger partial charge is 0.325 e. The van der Waals surface area contributed by atoms with E-state index in [1.54, 1.807) is 0 Å². The molecule has 21 heavy (non-hydrogen) atoms. The van der Waals surface area contributed by atoms with Crippen LogP contribution in [0.25, 0.3) is 10.6 Å². The summed E-state index contributed by atoms with van der Waals surface area (Å²) in [6, 6.07) is 8.15. The molecule has 7 heteroatoms. The summed E-state index contributed by atoms with van der Waals surface area (Å²) in [5.74, 6) is 0. The van der Waals surface area contributed by atoms with Crippen molar-refractivity contribution in [3.05, 3.63) is 34.2 Å². The first-order valence-electron chi connectivity index (χ1n) is 6.63. The standard InChI is InChI=1S/C14H17ClNO2PS2/c1-4-17-19(20,18-5-2)13-12(15)21-14(16-13)11-8-6-10(3)7-9-11/h6-9H,4-5H2,1-3H3. The molecule has 0 aliphatic heterocycles. The molecule has 3 nitrogen and oxygen atoms in total. The number of hydrogen-bond donors (Lipinski definition) is 0. The minimum Gasteiger partial charge on any atom is -0.325 e. The average molecular weight is 362 g/mol. The highest BCUT2D eigenvalue weighted by atomic mass is 35.5. The van der Waals surface area contributed by atoms with Crippen LogP contribution in [0.4, 0.5) is 0 Å². The van der Waals surface area contributed by atoms with E-state index in [-0.39, 0.29) is 0 Å². The normalized spacial score (nSPS) is 11.8. The summed E-state index contributed by atoms with van der Waals surface area (Å²) in [5.41, 5.74) is 2.80. The Morgan fingerprint density at radius 1 is 1.19 bits per heavy atom. The van der Waals surface area contributed by atoms with Crippen molar-refractivity contribution in [2.75, 3.05) is 13.2 Å². The Bertz CT molecular complexity index is 647. The summed E-state index contributed by atoms with van der Waals surface area (Å²) in [6.07, 6.45) is 0. The highest BCUT2D eigenvalue weighted by molar-refractivity contribution is 8.13. The molecule has 0 spiro atoms. The van der Waals surface area contributed by atoms with Crippen LogP contribution in [-0.4, -0.2) is 18.2 Å². The van der Waals surface area contributed by atoms with Crippen molar-refractivity contribution in [2.45, 2.75) is 20.8 Å². The molecule has 1 aromatic heterocycles. The van der Waals surface area contributed by atoms with Gasteiger partial charge in [0.1, 0.15) is 9.34 Å². The van der Waals surface area contributed by atoms with Crippen molar-refractivity contribution in [2.24, 2.45) is 0 Å². The van der Waals surface area contributed by atoms with Gasteiger partial charge in [-0.2, -0.15) is 0 Å². The first-order chi connectivity index (χ1) is 10.00. The maximum Gasteiger partial charge on any atom is 0.240 e. The van der Waals surface area contributed by atoms with Crippen molar-refractivity contribution in [1.82, 2.24) is 4.98 Å². The van der Waals surface area contributed by atoms with Crippen LogP contribution < -0.4 is 5.44 Å². The van der Waals surface area contributed by atoms with Crippen LogP contribution in [0.5, 0.6) is 0 Å². The Kier molecular flexibility index (Phi) is 5.95. The van der Waals surface area contributed by atoms with Gasteiger partial charge >= 0.3 is 0 Å². The van der Waals surface area contributed by atoms with E-state index in [9.17, 15) is 0 Å². The summed E-state index contributed by atoms with van der Waals surface area (Å²) in [5, 5.41) is 0.837. The van der Waals surface area contributed by atoms with E-state index in [0.29, 0.717) is 23.0 Å². The third kappa shape index (κ3) is 3.92. The lowest BCUT2D eigenvalue weighted by molar-refractivity contribution is 0.274. The third-order valence-electron chi connectivity index (χ3n) is 2.73. The minimum absolute atomic E-state index is 0.477. The minimum atomic E-state index is -2.62. The van der Waals surface area contributed by atoms with E-state index in [1.807, 2.05) is 45.0 Å². The van der Waals surface area contributed by atoms with Crippen LogP contribution in [0.1, 0.15) is 19.4 Å². The zero-order chi connectivity index (χ0) is 15.5. The number of halogens is 1. The quantitative estimate of drug-likeness (QED) is 0.693. The van der Waals surface area contributed by atoms with Gasteiger partial charge in [-0.15, -0.1) is 11.3 Å². The SMILES string of the molecule is CCOP(=S)(OCC)c1nc(-c2ccc(C)cc2)sc1Cl. The fraction of sp³-hybridized carbons (Fsp3) is 0.357. The van der Waals surface area contributed by atoms with E-state index in [1.165, 1.54) is 16.9 Å². The number of hydrogen-bond acceptors (Lipinski definition) is 5. The van der Waals surface area contributed by atoms with E-state index in [4.69, 9.17) is 32.5 Å². The van der Waals surface area contributed by atoms with Crippen LogP contribution in [0.3, 0.4) is 0 Å². The van der Waals surface area contributed by atoms with Gasteiger partial charge in [0.25, 0.3) is 0 Å². The van der Waals surface area contributed by atoms with Gasteiger partial charge in [-0.25, -0.2) is 4.98 Å². The third-order valence-corrected chi connectivity index (χ3v) is 7.50. The fourth-order valence-electron chi connectivity index (χ4n) is 1.78. The van der Waals surface area contributed by atoms with Crippen molar-refractivity contribution in [3.63, 3.8) is 0 Å². The summed E-state index contributed by atoms with van der Waals surface area (Å²) in [7, 11) is 0. The molecular formula is C14H17ClNO2PS2. The van der Waals surface area contributed by atoms with Crippen molar-refractivity contribution >= 4 is 46.7 Å². The molecule has 0 amide bonds. The molecule has 0 unspecified atom stereocenters. The number of nitrogens with zero attached hydrogens (tertiary/aromatic N) is 1. The molecule has 0 radical (unpaired) electrons. The lowest BCUT2D eigenvalue weighted by Gasteiger charge is -2.19. The van der Waals surface area contributed by atoms with E-state index in [0.717, 1.165) is 10.6 Å². The first-order valence-corrected chi connectivity index (χ1v) is 10.5. The number of rotatable bonds is 6. The second-order valence-electron chi connectivity index (χ2n) is 4.32. The Labute approximate surface area is 139 Å². The second kappa shape index (κ2) is 7.32. The van der Waals surface area contributed by atoms with Gasteiger partial charge in [-0.1, -0.05) is 41.4 Å². The van der Waals surface area contributed by atoms with Crippen LogP contribution >= 0.6 is 29.4 Å². The van der Waals surface area contributed by atoms with Gasteiger partial charge in [-0.05, 0) is 32.6 Å². The van der Waals surface area contributed by atoms with Crippen molar-refractivity contribution < 1.29 is 9.05 Å². The molecule has 0 atom stereocenters. The molecule has 2 aromatic rings. The topological polar surface area (TPSA) is 31.4 Å². The van der Waals surface area contributed by atoms with E-state index < -0.39 is 6.49 Å². The number of benzene rings is 1. The van der Waals surface area contributed by atoms with Crippen LogP contribution in [0.2, 0.25) is 4.34 Å². The molecule has 1 heterocycles. The maximum atomic E-state index is 6.34. The summed E-state index contributed by atoms with van der Waals surface area (Å²) >= 11 is 13.3. The summed E-state index contributed by atoms with van der Waals surface area (Å²) < 4.78 is 11.9. The van der Waals surface area contributed by atoms with Crippen molar-refractivity contribution in [3.8, 4) is 10.6 Å². The number of aromatic nitrogens is 1. The zero-order valence-electron chi connectivity index (χ0n) is 12.1. The van der Waals surface area contributed by atoms with Crippen LogP contribution in [0, 0.1) is 6.92 Å². The predicted molar refractivity (Wildman–Crippen MR) is 94.5 cm³/mol. The Balaban J connectivity index is 2.42. The van der Waals surface area contributed by atoms with Gasteiger partial charge < -0.3 is 9.05 Å². The lowest BCUT2D eigenvalue weighted by atomic mass is 10.2. The zero-order valence-corrected chi connectivity index (χ0v) is 15.4. The molecule has 0 saturated carbocycles. The highest BCUT2D eigenvalue weighted by Gasteiger charge is 2.28. The predicted octanol–water partition coefficient (Wildman–Crippen LogP) is 4.78. The van der Waals surface area contributed by atoms with E-state index >= 15 is 0 Å². The van der Waals surface area contributed by atoms with Gasteiger partial charge in [0, 0.05) is 5.56 Å². The number of thiazole rings is 1. The molecular weight excluding hydrogens is 345 g/mol. The molecule has 0 aliphatic rings. The summed E-state index contributed by atoms with van der Waals surface area (Å²) in [4.78, 5) is 4.60. The molecule has 0 N–H and O–H groups in total. The van der Waals surface area contributed by atoms with E-state index in [2.05, 4.69) is 4.98 Å². The monoisotopic (exact) mass is 361 g/mol. The smallest absolute Gasteiger partial charge is 0.240 e. The number of aryl methyl sites for hydroxylation is 1. The lowest BCUT2D eigenvalue weighted by Crippen LogP contribution is -2.12. The van der Waals surface area contributed by atoms with Gasteiger partial charge in [0.15, 0.2) is 5.44 Å². The molecule has 1 aromatic carbocycles. The molecule has 0 saturated heterocycles. The van der Waals surface area contributed by atoms with Gasteiger partial charge in [-0.3, -0.25) is 0 Å². The van der Waals surface area contributed by atoms with Crippen LogP contribution in [-0.2, 0) is 20.9 Å². The Morgan fingerprint density at radius 2 is 1.76 bits per heavy atom. The van der Waals surface area contributed by atoms with Crippen LogP contribution in [0.15, 0.2) is 24.3 Å². The molecule has 0 bridgehead atoms. The maximum absolute atomic E-state index is 6.34. The molecule has 114 valence electrons. The van der Waals surface area contributed by atoms with Gasteiger partial charge in [0.05, 0.1) is 13.2 Å². The summed E-state index contributed by atoms with van der Waals surface area (Å²) in [6.45, 7) is 4.17. The first kappa shape index (κ1) is 17.1. The van der Waals surface area contributed by atoms with Gasteiger partial charge in [0.2, 0.25) is 6.49 Å². The Morgan fingerprint density at radius 3 is 2.29 bits per heavy atom. The molecule has 0 aliphatic carbocycles. The Hall–Kier alpha value is -0.290. The second-order valence-corrected chi connectivity index (χ2v) is 9.29. The molecule has 2 rings (SSSR count).